The lowest BCUT2D eigenvalue weighted by Gasteiger charge is -1.89. The van der Waals surface area contributed by atoms with Crippen LogP contribution in [-0.2, 0) is 9.59 Å². The minimum absolute atomic E-state index is 0.00366. The summed E-state index contributed by atoms with van der Waals surface area (Å²) in [5.74, 6) is -0.417. The van der Waals surface area contributed by atoms with Gasteiger partial charge in [0.05, 0.1) is 16.8 Å². The molecule has 1 aliphatic heterocycles. The van der Waals surface area contributed by atoms with Crippen molar-refractivity contribution >= 4 is 24.0 Å². The molecule has 1 aliphatic rings. The molecule has 0 unspecified atom stereocenters. The summed E-state index contributed by atoms with van der Waals surface area (Å²) >= 11 is 0. The third-order valence-electron chi connectivity index (χ3n) is 2.63. The second-order valence-electron chi connectivity index (χ2n) is 3.95. The van der Waals surface area contributed by atoms with Gasteiger partial charge in [0.15, 0.2) is 6.29 Å². The lowest BCUT2D eigenvalue weighted by Crippen LogP contribution is -2.13. The van der Waals surface area contributed by atoms with E-state index in [2.05, 4.69) is 20.7 Å². The van der Waals surface area contributed by atoms with Crippen LogP contribution in [0, 0.1) is 6.92 Å². The average Bonchev–Trinajstić information content (AvgIpc) is 2.95. The fourth-order valence-electron chi connectivity index (χ4n) is 1.59. The van der Waals surface area contributed by atoms with Crippen molar-refractivity contribution in [1.29, 1.82) is 0 Å². The van der Waals surface area contributed by atoms with Crippen LogP contribution < -0.4 is 5.43 Å². The summed E-state index contributed by atoms with van der Waals surface area (Å²) in [6.07, 6.45) is 8.61. The number of hydrogen-bond donors (Lipinski definition) is 3. The van der Waals surface area contributed by atoms with E-state index >= 15 is 0 Å². The first-order valence-corrected chi connectivity index (χ1v) is 5.76. The Labute approximate surface area is 114 Å². The normalized spacial score (nSPS) is 17.1. The van der Waals surface area contributed by atoms with E-state index in [4.69, 9.17) is 0 Å². The van der Waals surface area contributed by atoms with E-state index in [1.807, 2.05) is 0 Å². The molecule has 0 aromatic carbocycles. The second-order valence-corrected chi connectivity index (χ2v) is 3.95. The number of rotatable bonds is 4. The van der Waals surface area contributed by atoms with Gasteiger partial charge in [-0.25, -0.2) is 10.5 Å². The van der Waals surface area contributed by atoms with Gasteiger partial charge in [0.1, 0.15) is 5.71 Å². The molecule has 0 bridgehead atoms. The van der Waals surface area contributed by atoms with Crippen LogP contribution in [0.5, 0.6) is 5.88 Å². The molecule has 1 amide bonds. The van der Waals surface area contributed by atoms with Crippen molar-refractivity contribution in [3.63, 3.8) is 0 Å². The highest BCUT2D eigenvalue weighted by atomic mass is 16.3. The van der Waals surface area contributed by atoms with E-state index in [9.17, 15) is 14.7 Å². The van der Waals surface area contributed by atoms with Crippen LogP contribution in [0.2, 0.25) is 0 Å². The van der Waals surface area contributed by atoms with Crippen LogP contribution in [0.15, 0.2) is 35.0 Å². The molecule has 102 valence electrons. The number of allylic oxidation sites excluding steroid dienone is 4. The molecule has 0 fully saturated rings. The van der Waals surface area contributed by atoms with E-state index in [0.717, 1.165) is 0 Å². The molecule has 0 radical (unpaired) electrons. The van der Waals surface area contributed by atoms with Gasteiger partial charge in [-0.3, -0.25) is 9.59 Å². The van der Waals surface area contributed by atoms with E-state index in [1.54, 1.807) is 31.2 Å². The summed E-state index contributed by atoms with van der Waals surface area (Å²) in [5, 5.41) is 19.3. The molecule has 1 aromatic rings. The predicted octanol–water partition coefficient (Wildman–Crippen LogP) is 0.604. The number of aryl methyl sites for hydroxylation is 1. The fraction of sp³-hybridized carbons (Fsp3) is 0.0769. The maximum atomic E-state index is 11.3. The molecule has 7 heteroatoms. The molecule has 2 rings (SSSR count). The third-order valence-corrected chi connectivity index (χ3v) is 2.63. The van der Waals surface area contributed by atoms with Crippen LogP contribution >= 0.6 is 0 Å². The Balaban J connectivity index is 2.06. The van der Waals surface area contributed by atoms with Gasteiger partial charge in [0, 0.05) is 0 Å². The van der Waals surface area contributed by atoms with Crippen LogP contribution in [-0.4, -0.2) is 33.2 Å². The number of aromatic amines is 1. The molecular formula is C13H12N4O3. The minimum atomic E-state index is -0.413. The van der Waals surface area contributed by atoms with Gasteiger partial charge >= 0.3 is 0 Å². The summed E-state index contributed by atoms with van der Waals surface area (Å²) < 4.78 is 0. The summed E-state index contributed by atoms with van der Waals surface area (Å²) in [4.78, 5) is 22.0. The van der Waals surface area contributed by atoms with Crippen molar-refractivity contribution in [2.24, 2.45) is 5.10 Å². The minimum Gasteiger partial charge on any atom is -0.493 e. The van der Waals surface area contributed by atoms with Gasteiger partial charge in [-0.05, 0) is 19.1 Å². The largest absolute Gasteiger partial charge is 0.493 e. The molecular weight excluding hydrogens is 260 g/mol. The van der Waals surface area contributed by atoms with Crippen LogP contribution in [0.25, 0.3) is 6.08 Å². The highest BCUT2D eigenvalue weighted by molar-refractivity contribution is 6.46. The zero-order chi connectivity index (χ0) is 14.5. The summed E-state index contributed by atoms with van der Waals surface area (Å²) in [5.41, 5.74) is 3.76. The number of carbonyl (C=O) groups excluding carboxylic acids is 2. The topological polar surface area (TPSA) is 107 Å². The first-order valence-electron chi connectivity index (χ1n) is 5.76. The van der Waals surface area contributed by atoms with Gasteiger partial charge in [-0.2, -0.15) is 10.2 Å². The number of H-pyrrole nitrogens is 1. The van der Waals surface area contributed by atoms with E-state index < -0.39 is 5.91 Å². The average molecular weight is 272 g/mol. The van der Waals surface area contributed by atoms with Gasteiger partial charge in [0.2, 0.25) is 5.88 Å². The molecule has 0 atom stereocenters. The number of hydrazone groups is 1. The Hall–Kier alpha value is -2.96. The molecule has 20 heavy (non-hydrogen) atoms. The molecule has 7 nitrogen and oxygen atoms in total. The Morgan fingerprint density at radius 1 is 1.25 bits per heavy atom. The number of carbonyl (C=O) groups is 2. The lowest BCUT2D eigenvalue weighted by molar-refractivity contribution is -0.116. The summed E-state index contributed by atoms with van der Waals surface area (Å²) in [6, 6.07) is 0. The van der Waals surface area contributed by atoms with Gasteiger partial charge in [-0.15, -0.1) is 0 Å². The SMILES string of the molecule is Cc1n[nH]c(O)c1C=CC=CC=C1C(=O)NN=C1C=O. The zero-order valence-electron chi connectivity index (χ0n) is 10.6. The molecule has 0 saturated heterocycles. The molecule has 3 N–H and O–H groups in total. The van der Waals surface area contributed by atoms with Gasteiger partial charge in [-0.1, -0.05) is 18.2 Å². The molecule has 2 heterocycles. The maximum Gasteiger partial charge on any atom is 0.273 e. The standard InChI is InChI=1S/C13H12N4O3/c1-8-9(12(19)16-14-8)5-3-2-4-6-10-11(7-18)15-17-13(10)20/h2-7H,1H3,(H,17,20)(H2,14,16,19). The van der Waals surface area contributed by atoms with E-state index in [1.165, 1.54) is 6.08 Å². The Kier molecular flexibility index (Phi) is 3.90. The highest BCUT2D eigenvalue weighted by Gasteiger charge is 2.20. The predicted molar refractivity (Wildman–Crippen MR) is 72.9 cm³/mol. The summed E-state index contributed by atoms with van der Waals surface area (Å²) in [7, 11) is 0. The first kappa shape index (κ1) is 13.5. The lowest BCUT2D eigenvalue weighted by atomic mass is 10.1. The Bertz CT molecular complexity index is 646. The summed E-state index contributed by atoms with van der Waals surface area (Å²) in [6.45, 7) is 1.76. The molecule has 1 aromatic heterocycles. The van der Waals surface area contributed by atoms with Crippen LogP contribution in [0.4, 0.5) is 0 Å². The Morgan fingerprint density at radius 2 is 2.05 bits per heavy atom. The van der Waals surface area contributed by atoms with Gasteiger partial charge in [0.25, 0.3) is 5.91 Å². The first-order chi connectivity index (χ1) is 9.63. The van der Waals surface area contributed by atoms with Crippen LogP contribution in [0.3, 0.4) is 0 Å². The number of aldehydes is 1. The number of hydrogen-bond acceptors (Lipinski definition) is 5. The van der Waals surface area contributed by atoms with Crippen LogP contribution in [0.1, 0.15) is 11.3 Å². The third kappa shape index (κ3) is 2.72. The smallest absolute Gasteiger partial charge is 0.273 e. The number of nitrogens with zero attached hydrogens (tertiary/aromatic N) is 2. The van der Waals surface area contributed by atoms with Crippen molar-refractivity contribution in [2.75, 3.05) is 0 Å². The number of aromatic nitrogens is 2. The molecule has 0 saturated carbocycles. The van der Waals surface area contributed by atoms with Crippen molar-refractivity contribution in [1.82, 2.24) is 15.6 Å². The Morgan fingerprint density at radius 3 is 2.70 bits per heavy atom. The van der Waals surface area contributed by atoms with E-state index in [-0.39, 0.29) is 17.2 Å². The number of amides is 1. The number of aromatic hydroxyl groups is 1. The fourth-order valence-corrected chi connectivity index (χ4v) is 1.59. The molecule has 0 spiro atoms. The van der Waals surface area contributed by atoms with Crippen molar-refractivity contribution in [3.8, 4) is 5.88 Å². The monoisotopic (exact) mass is 272 g/mol. The highest BCUT2D eigenvalue weighted by Crippen LogP contribution is 2.17. The maximum absolute atomic E-state index is 11.3. The molecule has 0 aliphatic carbocycles. The van der Waals surface area contributed by atoms with E-state index in [0.29, 0.717) is 17.5 Å². The van der Waals surface area contributed by atoms with Crippen molar-refractivity contribution in [3.05, 3.63) is 41.1 Å². The second kappa shape index (κ2) is 5.79. The number of nitrogens with one attached hydrogen (secondary N) is 2. The van der Waals surface area contributed by atoms with Crippen molar-refractivity contribution in [2.45, 2.75) is 6.92 Å². The van der Waals surface area contributed by atoms with Crippen molar-refractivity contribution < 1.29 is 14.7 Å². The quantitative estimate of drug-likeness (QED) is 0.424. The zero-order valence-corrected chi connectivity index (χ0v) is 10.6. The van der Waals surface area contributed by atoms with Gasteiger partial charge < -0.3 is 5.11 Å².